The number of aryl methyl sites for hydroxylation is 1. The van der Waals surface area contributed by atoms with E-state index in [0.717, 1.165) is 25.1 Å². The van der Waals surface area contributed by atoms with Crippen LogP contribution in [0.25, 0.3) is 0 Å². The number of anilines is 1. The number of fused-ring (bicyclic) bond motifs is 1. The summed E-state index contributed by atoms with van der Waals surface area (Å²) in [5.74, 6) is -0.814. The molecule has 20 heavy (non-hydrogen) atoms. The Labute approximate surface area is 115 Å². The van der Waals surface area contributed by atoms with Gasteiger partial charge in [-0.15, -0.1) is 0 Å². The van der Waals surface area contributed by atoms with Gasteiger partial charge in [-0.25, -0.2) is 4.39 Å². The third kappa shape index (κ3) is 2.05. The summed E-state index contributed by atoms with van der Waals surface area (Å²) in [7, 11) is 0. The number of rotatable bonds is 2. The summed E-state index contributed by atoms with van der Waals surface area (Å²) in [6, 6.07) is 7.51. The van der Waals surface area contributed by atoms with Crippen molar-refractivity contribution in [1.29, 1.82) is 5.26 Å². The Hall–Kier alpha value is -2.61. The standard InChI is InChI=1S/C15H12FN3O/c16-13-4-3-11(8-10(13)9-17)18-15(20)12-5-7-19-6-1-2-14(12)19/h3-5,7-8H,1-2,6H2,(H,18,20). The van der Waals surface area contributed by atoms with Crippen molar-refractivity contribution in [3.05, 3.63) is 53.1 Å². The van der Waals surface area contributed by atoms with Crippen LogP contribution < -0.4 is 5.32 Å². The minimum Gasteiger partial charge on any atom is -0.351 e. The number of aromatic nitrogens is 1. The van der Waals surface area contributed by atoms with Crippen molar-refractivity contribution in [2.24, 2.45) is 0 Å². The lowest BCUT2D eigenvalue weighted by Crippen LogP contribution is -2.13. The van der Waals surface area contributed by atoms with Gasteiger partial charge in [0.15, 0.2) is 0 Å². The number of carbonyl (C=O) groups is 1. The lowest BCUT2D eigenvalue weighted by Gasteiger charge is -2.06. The fraction of sp³-hybridized carbons (Fsp3) is 0.200. The predicted octanol–water partition coefficient (Wildman–Crippen LogP) is 2.70. The number of halogens is 1. The molecular formula is C15H12FN3O. The molecule has 0 spiro atoms. The van der Waals surface area contributed by atoms with Crippen LogP contribution >= 0.6 is 0 Å². The summed E-state index contributed by atoms with van der Waals surface area (Å²) < 4.78 is 15.3. The second-order valence-electron chi connectivity index (χ2n) is 4.73. The first-order valence-corrected chi connectivity index (χ1v) is 6.38. The quantitative estimate of drug-likeness (QED) is 0.911. The molecule has 100 valence electrons. The SMILES string of the molecule is N#Cc1cc(NC(=O)c2ccn3c2CCC3)ccc1F. The van der Waals surface area contributed by atoms with Gasteiger partial charge in [-0.1, -0.05) is 0 Å². The summed E-state index contributed by atoms with van der Waals surface area (Å²) in [6.07, 6.45) is 3.84. The van der Waals surface area contributed by atoms with E-state index in [0.29, 0.717) is 11.3 Å². The molecule has 0 fully saturated rings. The smallest absolute Gasteiger partial charge is 0.257 e. The summed E-state index contributed by atoms with van der Waals surface area (Å²) in [5, 5.41) is 11.5. The predicted molar refractivity (Wildman–Crippen MR) is 71.8 cm³/mol. The number of benzene rings is 1. The third-order valence-electron chi connectivity index (χ3n) is 3.48. The summed E-state index contributed by atoms with van der Waals surface area (Å²) in [6.45, 7) is 0.942. The van der Waals surface area contributed by atoms with Crippen LogP contribution in [0.3, 0.4) is 0 Å². The number of nitriles is 1. The van der Waals surface area contributed by atoms with E-state index in [9.17, 15) is 9.18 Å². The highest BCUT2D eigenvalue weighted by molar-refractivity contribution is 6.05. The van der Waals surface area contributed by atoms with Crippen molar-refractivity contribution in [2.45, 2.75) is 19.4 Å². The monoisotopic (exact) mass is 269 g/mol. The fourth-order valence-corrected chi connectivity index (χ4v) is 2.50. The van der Waals surface area contributed by atoms with Crippen molar-refractivity contribution in [3.63, 3.8) is 0 Å². The molecule has 1 aliphatic heterocycles. The van der Waals surface area contributed by atoms with Gasteiger partial charge in [0.1, 0.15) is 11.9 Å². The average molecular weight is 269 g/mol. The maximum atomic E-state index is 13.2. The number of carbonyl (C=O) groups excluding carboxylic acids is 1. The van der Waals surface area contributed by atoms with E-state index in [2.05, 4.69) is 9.88 Å². The van der Waals surface area contributed by atoms with Gasteiger partial charge in [0.2, 0.25) is 0 Å². The molecule has 3 rings (SSSR count). The second-order valence-corrected chi connectivity index (χ2v) is 4.73. The van der Waals surface area contributed by atoms with Gasteiger partial charge in [-0.2, -0.15) is 5.26 Å². The Morgan fingerprint density at radius 3 is 3.05 bits per heavy atom. The largest absolute Gasteiger partial charge is 0.351 e. The number of hydrogen-bond donors (Lipinski definition) is 1. The molecule has 0 radical (unpaired) electrons. The highest BCUT2D eigenvalue weighted by atomic mass is 19.1. The highest BCUT2D eigenvalue weighted by Crippen LogP contribution is 2.22. The molecule has 0 saturated carbocycles. The lowest BCUT2D eigenvalue weighted by molar-refractivity contribution is 0.102. The Morgan fingerprint density at radius 2 is 2.25 bits per heavy atom. The van der Waals surface area contributed by atoms with Crippen LogP contribution in [0.15, 0.2) is 30.5 Å². The zero-order chi connectivity index (χ0) is 14.1. The molecule has 1 N–H and O–H groups in total. The maximum Gasteiger partial charge on any atom is 0.257 e. The first kappa shape index (κ1) is 12.4. The van der Waals surface area contributed by atoms with Gasteiger partial charge in [0.25, 0.3) is 5.91 Å². The third-order valence-corrected chi connectivity index (χ3v) is 3.48. The first-order chi connectivity index (χ1) is 9.69. The van der Waals surface area contributed by atoms with Gasteiger partial charge in [-0.05, 0) is 37.1 Å². The van der Waals surface area contributed by atoms with E-state index in [-0.39, 0.29) is 11.5 Å². The van der Waals surface area contributed by atoms with Gasteiger partial charge >= 0.3 is 0 Å². The van der Waals surface area contributed by atoms with E-state index in [1.165, 1.54) is 18.2 Å². The Bertz CT molecular complexity index is 727. The van der Waals surface area contributed by atoms with Crippen LogP contribution in [0.2, 0.25) is 0 Å². The number of amides is 1. The molecular weight excluding hydrogens is 257 g/mol. The molecule has 0 aliphatic carbocycles. The minimum atomic E-state index is -0.588. The van der Waals surface area contributed by atoms with Crippen LogP contribution in [-0.2, 0) is 13.0 Å². The van der Waals surface area contributed by atoms with Crippen LogP contribution in [0.4, 0.5) is 10.1 Å². The van der Waals surface area contributed by atoms with E-state index in [4.69, 9.17) is 5.26 Å². The molecule has 4 nitrogen and oxygen atoms in total. The van der Waals surface area contributed by atoms with Gasteiger partial charge < -0.3 is 9.88 Å². The number of hydrogen-bond acceptors (Lipinski definition) is 2. The van der Waals surface area contributed by atoms with E-state index < -0.39 is 5.82 Å². The van der Waals surface area contributed by atoms with Gasteiger partial charge in [0.05, 0.1) is 11.1 Å². The molecule has 2 aromatic rings. The molecule has 0 bridgehead atoms. The Balaban J connectivity index is 1.84. The van der Waals surface area contributed by atoms with Crippen LogP contribution in [0, 0.1) is 17.1 Å². The van der Waals surface area contributed by atoms with Gasteiger partial charge in [0, 0.05) is 24.1 Å². The highest BCUT2D eigenvalue weighted by Gasteiger charge is 2.19. The molecule has 1 amide bonds. The second kappa shape index (κ2) is 4.82. The van der Waals surface area contributed by atoms with Crippen molar-refractivity contribution in [1.82, 2.24) is 4.57 Å². The van der Waals surface area contributed by atoms with Crippen LogP contribution in [0.5, 0.6) is 0 Å². The number of nitrogens with zero attached hydrogens (tertiary/aromatic N) is 2. The van der Waals surface area contributed by atoms with E-state index >= 15 is 0 Å². The molecule has 0 unspecified atom stereocenters. The van der Waals surface area contributed by atoms with Crippen LogP contribution in [-0.4, -0.2) is 10.5 Å². The van der Waals surface area contributed by atoms with Crippen molar-refractivity contribution >= 4 is 11.6 Å². The summed E-state index contributed by atoms with van der Waals surface area (Å²) in [5.41, 5.74) is 2.02. The van der Waals surface area contributed by atoms with Crippen molar-refractivity contribution in [2.75, 3.05) is 5.32 Å². The lowest BCUT2D eigenvalue weighted by atomic mass is 10.1. The topological polar surface area (TPSA) is 57.8 Å². The first-order valence-electron chi connectivity index (χ1n) is 6.38. The fourth-order valence-electron chi connectivity index (χ4n) is 2.50. The molecule has 5 heteroatoms. The van der Waals surface area contributed by atoms with E-state index in [1.54, 1.807) is 12.1 Å². The molecule has 1 aromatic carbocycles. The Morgan fingerprint density at radius 1 is 1.40 bits per heavy atom. The summed E-state index contributed by atoms with van der Waals surface area (Å²) >= 11 is 0. The maximum absolute atomic E-state index is 13.2. The van der Waals surface area contributed by atoms with E-state index in [1.807, 2.05) is 6.20 Å². The van der Waals surface area contributed by atoms with Crippen molar-refractivity contribution < 1.29 is 9.18 Å². The minimum absolute atomic E-state index is 0.0788. The Kier molecular flexibility index (Phi) is 2.99. The number of nitrogens with one attached hydrogen (secondary N) is 1. The molecule has 0 atom stereocenters. The summed E-state index contributed by atoms with van der Waals surface area (Å²) in [4.78, 5) is 12.2. The molecule has 0 saturated heterocycles. The zero-order valence-corrected chi connectivity index (χ0v) is 10.7. The van der Waals surface area contributed by atoms with Gasteiger partial charge in [-0.3, -0.25) is 4.79 Å². The molecule has 1 aliphatic rings. The van der Waals surface area contributed by atoms with Crippen LogP contribution in [0.1, 0.15) is 28.0 Å². The zero-order valence-electron chi connectivity index (χ0n) is 10.7. The molecule has 1 aromatic heterocycles. The average Bonchev–Trinajstić information content (AvgIpc) is 3.03. The normalized spacial score (nSPS) is 12.8. The van der Waals surface area contributed by atoms with Crippen molar-refractivity contribution in [3.8, 4) is 6.07 Å². The molecule has 2 heterocycles.